The zero-order valence-corrected chi connectivity index (χ0v) is 17.5. The standard InChI is InChI=1S/C16H16BrClFNO6S/c1-9(21)25-13-14(22)16(2,10-5-3-6-11(18)12(10)19)26-15(13)20-27(23,24)8-4-7-17/h3,5-6,20H,4,7-8H2,1-2H3. The van der Waals surface area contributed by atoms with Crippen LogP contribution in [0.4, 0.5) is 4.39 Å². The highest BCUT2D eigenvalue weighted by Gasteiger charge is 2.51. The Morgan fingerprint density at radius 3 is 2.70 bits per heavy atom. The van der Waals surface area contributed by atoms with E-state index in [1.807, 2.05) is 0 Å². The molecule has 7 nitrogen and oxygen atoms in total. The van der Waals surface area contributed by atoms with E-state index in [1.54, 1.807) is 0 Å². The molecule has 1 aromatic carbocycles. The van der Waals surface area contributed by atoms with Gasteiger partial charge in [0.2, 0.25) is 27.3 Å². The number of sulfonamides is 1. The lowest BCUT2D eigenvalue weighted by Crippen LogP contribution is -2.34. The van der Waals surface area contributed by atoms with Gasteiger partial charge in [0.05, 0.1) is 10.8 Å². The largest absolute Gasteiger partial charge is 0.456 e. The number of carbonyl (C=O) groups is 2. The van der Waals surface area contributed by atoms with Crippen LogP contribution in [0.15, 0.2) is 29.8 Å². The summed E-state index contributed by atoms with van der Waals surface area (Å²) in [6, 6.07) is 3.96. The van der Waals surface area contributed by atoms with Crippen LogP contribution in [0.5, 0.6) is 0 Å². The molecule has 0 saturated heterocycles. The fourth-order valence-corrected chi connectivity index (χ4v) is 4.28. The summed E-state index contributed by atoms with van der Waals surface area (Å²) in [6.45, 7) is 2.26. The van der Waals surface area contributed by atoms with Crippen LogP contribution in [0.25, 0.3) is 0 Å². The molecule has 0 aromatic heterocycles. The molecule has 2 rings (SSSR count). The Hall–Kier alpha value is -1.65. The number of nitrogens with one attached hydrogen (secondary N) is 1. The van der Waals surface area contributed by atoms with Crippen molar-refractivity contribution in [1.82, 2.24) is 4.72 Å². The third kappa shape index (κ3) is 4.61. The predicted molar refractivity (Wildman–Crippen MR) is 99.0 cm³/mol. The van der Waals surface area contributed by atoms with Gasteiger partial charge in [0.15, 0.2) is 0 Å². The Kier molecular flexibility index (Phi) is 6.54. The lowest BCUT2D eigenvalue weighted by molar-refractivity contribution is -0.142. The molecule has 1 aliphatic rings. The average molecular weight is 485 g/mol. The Labute approximate surface area is 169 Å². The maximum Gasteiger partial charge on any atom is 0.308 e. The third-order valence-corrected chi connectivity index (χ3v) is 5.83. The summed E-state index contributed by atoms with van der Waals surface area (Å²) >= 11 is 8.89. The normalized spacial score (nSPS) is 19.8. The van der Waals surface area contributed by atoms with Crippen molar-refractivity contribution in [3.05, 3.63) is 46.2 Å². The molecule has 0 amide bonds. The monoisotopic (exact) mass is 483 g/mol. The van der Waals surface area contributed by atoms with E-state index in [1.165, 1.54) is 25.1 Å². The number of ether oxygens (including phenoxy) is 2. The number of esters is 1. The van der Waals surface area contributed by atoms with Crippen LogP contribution < -0.4 is 4.72 Å². The topological polar surface area (TPSA) is 98.8 Å². The van der Waals surface area contributed by atoms with Crippen LogP contribution in [-0.4, -0.2) is 31.3 Å². The fraction of sp³-hybridized carbons (Fsp3) is 0.375. The van der Waals surface area contributed by atoms with Crippen molar-refractivity contribution < 1.29 is 31.9 Å². The van der Waals surface area contributed by atoms with Crippen LogP contribution in [0.2, 0.25) is 5.02 Å². The molecular formula is C16H16BrClFNO6S. The summed E-state index contributed by atoms with van der Waals surface area (Å²) in [5.74, 6) is -4.18. The second kappa shape index (κ2) is 8.15. The first-order valence-corrected chi connectivity index (χ1v) is 10.8. The summed E-state index contributed by atoms with van der Waals surface area (Å²) in [7, 11) is -3.90. The lowest BCUT2D eigenvalue weighted by Gasteiger charge is -2.24. The van der Waals surface area contributed by atoms with E-state index in [-0.39, 0.29) is 16.3 Å². The van der Waals surface area contributed by atoms with Gasteiger partial charge in [-0.15, -0.1) is 0 Å². The second-order valence-corrected chi connectivity index (χ2v) is 8.82. The second-order valence-electron chi connectivity index (χ2n) is 5.78. The molecular weight excluding hydrogens is 469 g/mol. The molecule has 1 atom stereocenters. The molecule has 148 valence electrons. The number of carbonyl (C=O) groups excluding carboxylic acids is 2. The third-order valence-electron chi connectivity index (χ3n) is 3.66. The van der Waals surface area contributed by atoms with Gasteiger partial charge < -0.3 is 9.47 Å². The van der Waals surface area contributed by atoms with Gasteiger partial charge in [0.25, 0.3) is 5.78 Å². The van der Waals surface area contributed by atoms with Crippen LogP contribution in [0.3, 0.4) is 0 Å². The molecule has 0 fully saturated rings. The van der Waals surface area contributed by atoms with Crippen molar-refractivity contribution in [1.29, 1.82) is 0 Å². The van der Waals surface area contributed by atoms with Crippen molar-refractivity contribution >= 4 is 49.3 Å². The first kappa shape index (κ1) is 21.6. The molecule has 1 N–H and O–H groups in total. The molecule has 27 heavy (non-hydrogen) atoms. The molecule has 0 spiro atoms. The van der Waals surface area contributed by atoms with E-state index in [9.17, 15) is 22.4 Å². The zero-order valence-electron chi connectivity index (χ0n) is 14.3. The van der Waals surface area contributed by atoms with E-state index < -0.39 is 44.8 Å². The van der Waals surface area contributed by atoms with E-state index >= 15 is 0 Å². The SMILES string of the molecule is CC(=O)OC1=C(NS(=O)(=O)CCCBr)OC(C)(c2cccc(Cl)c2F)C1=O. The molecule has 11 heteroatoms. The molecule has 1 unspecified atom stereocenters. The van der Waals surface area contributed by atoms with Gasteiger partial charge in [-0.3, -0.25) is 14.3 Å². The van der Waals surface area contributed by atoms with E-state index in [4.69, 9.17) is 21.1 Å². The molecule has 0 radical (unpaired) electrons. The van der Waals surface area contributed by atoms with Gasteiger partial charge in [-0.05, 0) is 19.4 Å². The Balaban J connectivity index is 2.47. The van der Waals surface area contributed by atoms with Crippen LogP contribution >= 0.6 is 27.5 Å². The number of hydrogen-bond acceptors (Lipinski definition) is 6. The van der Waals surface area contributed by atoms with Crippen LogP contribution in [0.1, 0.15) is 25.8 Å². The molecule has 0 saturated carbocycles. The Morgan fingerprint density at radius 2 is 2.11 bits per heavy atom. The maximum absolute atomic E-state index is 14.5. The number of Topliss-reactive ketones (excluding diaryl/α,β-unsaturated/α-hetero) is 1. The molecule has 1 heterocycles. The average Bonchev–Trinajstić information content (AvgIpc) is 2.79. The van der Waals surface area contributed by atoms with E-state index in [0.717, 1.165) is 6.92 Å². The molecule has 0 aliphatic carbocycles. The first-order valence-electron chi connectivity index (χ1n) is 7.69. The minimum Gasteiger partial charge on any atom is -0.456 e. The summed E-state index contributed by atoms with van der Waals surface area (Å²) in [6.07, 6.45) is 0.291. The van der Waals surface area contributed by atoms with Gasteiger partial charge in [-0.2, -0.15) is 0 Å². The van der Waals surface area contributed by atoms with Gasteiger partial charge in [-0.1, -0.05) is 39.7 Å². The molecule has 1 aliphatic heterocycles. The van der Waals surface area contributed by atoms with Crippen molar-refractivity contribution in [3.8, 4) is 0 Å². The van der Waals surface area contributed by atoms with E-state index in [0.29, 0.717) is 11.8 Å². The maximum atomic E-state index is 14.5. The van der Waals surface area contributed by atoms with Crippen LogP contribution in [0, 0.1) is 5.82 Å². The highest BCUT2D eigenvalue weighted by molar-refractivity contribution is 9.09. The number of benzene rings is 1. The summed E-state index contributed by atoms with van der Waals surface area (Å²) in [5.41, 5.74) is -2.19. The number of hydrogen-bond donors (Lipinski definition) is 1. The number of halogens is 3. The fourth-order valence-electron chi connectivity index (χ4n) is 2.41. The minimum atomic E-state index is -3.90. The van der Waals surface area contributed by atoms with Crippen LogP contribution in [-0.2, 0) is 34.7 Å². The molecule has 1 aromatic rings. The Bertz CT molecular complexity index is 919. The zero-order chi connectivity index (χ0) is 20.4. The van der Waals surface area contributed by atoms with Gasteiger partial charge in [0.1, 0.15) is 5.82 Å². The van der Waals surface area contributed by atoms with Gasteiger partial charge in [0, 0.05) is 17.8 Å². The van der Waals surface area contributed by atoms with Gasteiger partial charge >= 0.3 is 5.97 Å². The highest BCUT2D eigenvalue weighted by atomic mass is 79.9. The summed E-state index contributed by atoms with van der Waals surface area (Å²) in [5, 5.41) is 0.195. The summed E-state index contributed by atoms with van der Waals surface area (Å²) in [4.78, 5) is 24.2. The van der Waals surface area contributed by atoms with E-state index in [2.05, 4.69) is 20.7 Å². The van der Waals surface area contributed by atoms with Crippen molar-refractivity contribution in [2.45, 2.75) is 25.9 Å². The number of alkyl halides is 1. The summed E-state index contributed by atoms with van der Waals surface area (Å²) < 4.78 is 51.2. The predicted octanol–water partition coefficient (Wildman–Crippen LogP) is 2.73. The van der Waals surface area contributed by atoms with Crippen molar-refractivity contribution in [2.75, 3.05) is 11.1 Å². The minimum absolute atomic E-state index is 0.223. The lowest BCUT2D eigenvalue weighted by atomic mass is 9.91. The smallest absolute Gasteiger partial charge is 0.308 e. The number of rotatable bonds is 7. The van der Waals surface area contributed by atoms with Gasteiger partial charge in [-0.25, -0.2) is 12.8 Å². The molecule has 0 bridgehead atoms. The first-order chi connectivity index (χ1) is 12.5. The number of ketones is 1. The van der Waals surface area contributed by atoms with Crippen molar-refractivity contribution in [2.24, 2.45) is 0 Å². The van der Waals surface area contributed by atoms with Crippen molar-refractivity contribution in [3.63, 3.8) is 0 Å². The quantitative estimate of drug-likeness (QED) is 0.472. The Morgan fingerprint density at radius 1 is 1.44 bits per heavy atom. The highest BCUT2D eigenvalue weighted by Crippen LogP contribution is 2.40.